The van der Waals surface area contributed by atoms with E-state index in [4.69, 9.17) is 0 Å². The van der Waals surface area contributed by atoms with Crippen LogP contribution in [0.2, 0.25) is 0 Å². The molecular formula is C11H21N3OS. The van der Waals surface area contributed by atoms with Crippen LogP contribution >= 0.6 is 11.3 Å². The van der Waals surface area contributed by atoms with Crippen molar-refractivity contribution in [3.05, 3.63) is 16.6 Å². The minimum Gasteiger partial charge on any atom is -0.390 e. The molecule has 1 rings (SSSR count). The van der Waals surface area contributed by atoms with E-state index < -0.39 is 0 Å². The predicted octanol–water partition coefficient (Wildman–Crippen LogP) is 0.935. The second-order valence-electron chi connectivity index (χ2n) is 4.03. The molecule has 0 aliphatic rings. The monoisotopic (exact) mass is 243 g/mol. The normalized spacial score (nSPS) is 13.2. The molecule has 0 bridgehead atoms. The van der Waals surface area contributed by atoms with Crippen molar-refractivity contribution in [1.29, 1.82) is 0 Å². The highest BCUT2D eigenvalue weighted by Crippen LogP contribution is 2.04. The smallest absolute Gasteiger partial charge is 0.0795 e. The number of aromatic nitrogens is 1. The maximum Gasteiger partial charge on any atom is 0.0795 e. The van der Waals surface area contributed by atoms with Crippen molar-refractivity contribution in [2.45, 2.75) is 26.0 Å². The molecule has 4 nitrogen and oxygen atoms in total. The Morgan fingerprint density at radius 3 is 3.06 bits per heavy atom. The molecule has 0 saturated heterocycles. The fourth-order valence-corrected chi connectivity index (χ4v) is 2.08. The summed E-state index contributed by atoms with van der Waals surface area (Å²) in [4.78, 5) is 6.31. The lowest BCUT2D eigenvalue weighted by Crippen LogP contribution is -2.36. The number of aliphatic hydroxyl groups excluding tert-OH is 1. The topological polar surface area (TPSA) is 48.4 Å². The van der Waals surface area contributed by atoms with E-state index in [1.807, 2.05) is 17.9 Å². The molecule has 0 radical (unpaired) electrons. The summed E-state index contributed by atoms with van der Waals surface area (Å²) in [5.74, 6) is 0. The largest absolute Gasteiger partial charge is 0.390 e. The average molecular weight is 243 g/mol. The molecule has 0 aliphatic carbocycles. The van der Waals surface area contributed by atoms with Crippen LogP contribution in [0.3, 0.4) is 0 Å². The van der Waals surface area contributed by atoms with Crippen molar-refractivity contribution in [2.75, 3.05) is 26.7 Å². The summed E-state index contributed by atoms with van der Waals surface area (Å²) in [6.45, 7) is 5.22. The van der Waals surface area contributed by atoms with Crippen LogP contribution in [0.15, 0.2) is 10.9 Å². The van der Waals surface area contributed by atoms with Gasteiger partial charge in [-0.3, -0.25) is 4.90 Å². The fourth-order valence-electron chi connectivity index (χ4n) is 1.53. The van der Waals surface area contributed by atoms with Gasteiger partial charge < -0.3 is 10.4 Å². The first-order chi connectivity index (χ1) is 7.72. The molecule has 0 saturated carbocycles. The molecule has 0 fully saturated rings. The Bertz CT molecular complexity index is 266. The summed E-state index contributed by atoms with van der Waals surface area (Å²) in [6, 6.07) is 0. The predicted molar refractivity (Wildman–Crippen MR) is 67.6 cm³/mol. The lowest BCUT2D eigenvalue weighted by atomic mass is 10.3. The summed E-state index contributed by atoms with van der Waals surface area (Å²) in [5, 5.41) is 15.0. The fraction of sp³-hybridized carbons (Fsp3) is 0.727. The van der Waals surface area contributed by atoms with Gasteiger partial charge in [-0.15, -0.1) is 11.3 Å². The SMILES string of the molecule is CCCNCC(O)CN(C)Cc1cscn1. The number of hydrogen-bond donors (Lipinski definition) is 2. The van der Waals surface area contributed by atoms with Crippen molar-refractivity contribution in [3.63, 3.8) is 0 Å². The number of thiazole rings is 1. The highest BCUT2D eigenvalue weighted by atomic mass is 32.1. The summed E-state index contributed by atoms with van der Waals surface area (Å²) in [5.41, 5.74) is 2.91. The Morgan fingerprint density at radius 2 is 2.44 bits per heavy atom. The minimum absolute atomic E-state index is 0.310. The number of aliphatic hydroxyl groups is 1. The van der Waals surface area contributed by atoms with Crippen LogP contribution in [-0.2, 0) is 6.54 Å². The van der Waals surface area contributed by atoms with E-state index in [2.05, 4.69) is 22.1 Å². The van der Waals surface area contributed by atoms with Crippen LogP contribution in [0.4, 0.5) is 0 Å². The minimum atomic E-state index is -0.310. The Labute approximate surface area is 101 Å². The molecule has 5 heteroatoms. The van der Waals surface area contributed by atoms with Gasteiger partial charge in [-0.2, -0.15) is 0 Å². The summed E-state index contributed by atoms with van der Waals surface area (Å²) in [6.07, 6.45) is 0.789. The zero-order valence-electron chi connectivity index (χ0n) is 10.0. The summed E-state index contributed by atoms with van der Waals surface area (Å²) in [7, 11) is 2.00. The van der Waals surface area contributed by atoms with Gasteiger partial charge in [-0.05, 0) is 20.0 Å². The number of likely N-dealkylation sites (N-methyl/N-ethyl adjacent to an activating group) is 1. The molecule has 92 valence electrons. The zero-order chi connectivity index (χ0) is 11.8. The molecule has 1 heterocycles. The Hall–Kier alpha value is -0.490. The second kappa shape index (κ2) is 7.73. The third-order valence-electron chi connectivity index (χ3n) is 2.24. The molecule has 2 N–H and O–H groups in total. The molecule has 0 amide bonds. The van der Waals surface area contributed by atoms with Crippen LogP contribution < -0.4 is 5.32 Å². The average Bonchev–Trinajstić information content (AvgIpc) is 2.70. The van der Waals surface area contributed by atoms with Crippen molar-refractivity contribution >= 4 is 11.3 Å². The first-order valence-corrected chi connectivity index (χ1v) is 6.61. The van der Waals surface area contributed by atoms with Crippen molar-refractivity contribution < 1.29 is 5.11 Å². The van der Waals surface area contributed by atoms with E-state index in [0.717, 1.165) is 25.2 Å². The quantitative estimate of drug-likeness (QED) is 0.667. The molecule has 1 aromatic heterocycles. The highest BCUT2D eigenvalue weighted by Gasteiger charge is 2.08. The molecule has 0 aromatic carbocycles. The Balaban J connectivity index is 2.15. The van der Waals surface area contributed by atoms with Crippen LogP contribution in [0.5, 0.6) is 0 Å². The first kappa shape index (κ1) is 13.6. The van der Waals surface area contributed by atoms with Crippen molar-refractivity contribution in [3.8, 4) is 0 Å². The molecule has 1 atom stereocenters. The van der Waals surface area contributed by atoms with E-state index in [1.54, 1.807) is 11.3 Å². The summed E-state index contributed by atoms with van der Waals surface area (Å²) < 4.78 is 0. The molecule has 16 heavy (non-hydrogen) atoms. The van der Waals surface area contributed by atoms with Gasteiger partial charge >= 0.3 is 0 Å². The van der Waals surface area contributed by atoms with Gasteiger partial charge in [0.1, 0.15) is 0 Å². The van der Waals surface area contributed by atoms with Gasteiger partial charge in [0.2, 0.25) is 0 Å². The maximum absolute atomic E-state index is 9.75. The maximum atomic E-state index is 9.75. The van der Waals surface area contributed by atoms with Crippen molar-refractivity contribution in [2.24, 2.45) is 0 Å². The number of hydrogen-bond acceptors (Lipinski definition) is 5. The molecule has 0 spiro atoms. The Morgan fingerprint density at radius 1 is 1.62 bits per heavy atom. The number of rotatable bonds is 8. The van der Waals surface area contributed by atoms with E-state index in [9.17, 15) is 5.11 Å². The lowest BCUT2D eigenvalue weighted by molar-refractivity contribution is 0.121. The van der Waals surface area contributed by atoms with E-state index in [-0.39, 0.29) is 6.10 Å². The zero-order valence-corrected chi connectivity index (χ0v) is 10.8. The van der Waals surface area contributed by atoms with Crippen LogP contribution in [-0.4, -0.2) is 47.8 Å². The van der Waals surface area contributed by atoms with E-state index >= 15 is 0 Å². The molecule has 0 aliphatic heterocycles. The van der Waals surface area contributed by atoms with Gasteiger partial charge in [0.15, 0.2) is 0 Å². The third kappa shape index (κ3) is 5.55. The van der Waals surface area contributed by atoms with Crippen LogP contribution in [0.1, 0.15) is 19.0 Å². The van der Waals surface area contributed by atoms with E-state index in [0.29, 0.717) is 13.1 Å². The van der Waals surface area contributed by atoms with Gasteiger partial charge in [0.05, 0.1) is 17.3 Å². The van der Waals surface area contributed by atoms with Gasteiger partial charge in [-0.25, -0.2) is 4.98 Å². The number of nitrogens with zero attached hydrogens (tertiary/aromatic N) is 2. The second-order valence-corrected chi connectivity index (χ2v) is 4.75. The molecule has 1 aromatic rings. The third-order valence-corrected chi connectivity index (χ3v) is 2.88. The standard InChI is InChI=1S/C11H21N3OS/c1-3-4-12-5-11(15)7-14(2)6-10-8-16-9-13-10/h8-9,11-12,15H,3-7H2,1-2H3. The van der Waals surface area contributed by atoms with Crippen molar-refractivity contribution in [1.82, 2.24) is 15.2 Å². The highest BCUT2D eigenvalue weighted by molar-refractivity contribution is 7.07. The number of nitrogens with one attached hydrogen (secondary N) is 1. The first-order valence-electron chi connectivity index (χ1n) is 5.66. The lowest BCUT2D eigenvalue weighted by Gasteiger charge is -2.19. The van der Waals surface area contributed by atoms with Gasteiger partial charge in [0, 0.05) is 25.0 Å². The molecular weight excluding hydrogens is 222 g/mol. The van der Waals surface area contributed by atoms with Crippen LogP contribution in [0.25, 0.3) is 0 Å². The van der Waals surface area contributed by atoms with Gasteiger partial charge in [-0.1, -0.05) is 6.92 Å². The molecule has 1 unspecified atom stereocenters. The van der Waals surface area contributed by atoms with Crippen LogP contribution in [0, 0.1) is 0 Å². The van der Waals surface area contributed by atoms with Gasteiger partial charge in [0.25, 0.3) is 0 Å². The summed E-state index contributed by atoms with van der Waals surface area (Å²) >= 11 is 1.60. The van der Waals surface area contributed by atoms with E-state index in [1.165, 1.54) is 0 Å². The Kier molecular flexibility index (Phi) is 6.56.